The second-order valence-corrected chi connectivity index (χ2v) is 9.52. The van der Waals surface area contributed by atoms with E-state index in [1.54, 1.807) is 12.1 Å². The molecule has 0 bridgehead atoms. The number of ether oxygens (including phenoxy) is 1. The molecule has 0 radical (unpaired) electrons. The van der Waals surface area contributed by atoms with Crippen LogP contribution in [-0.2, 0) is 26.0 Å². The van der Waals surface area contributed by atoms with E-state index in [9.17, 15) is 13.2 Å². The average Bonchev–Trinajstić information content (AvgIpc) is 2.72. The number of hydrogen-bond acceptors (Lipinski definition) is 4. The predicted molar refractivity (Wildman–Crippen MR) is 109 cm³/mol. The summed E-state index contributed by atoms with van der Waals surface area (Å²) in [5.74, 6) is 0.181. The van der Waals surface area contributed by atoms with Crippen molar-refractivity contribution >= 4 is 15.9 Å². The lowest BCUT2D eigenvalue weighted by Crippen LogP contribution is -2.54. The van der Waals surface area contributed by atoms with Crippen LogP contribution in [0.3, 0.4) is 0 Å². The van der Waals surface area contributed by atoms with Crippen molar-refractivity contribution in [2.75, 3.05) is 26.2 Å². The Kier molecular flexibility index (Phi) is 7.12. The zero-order valence-corrected chi connectivity index (χ0v) is 17.8. The fraction of sp³-hybridized carbons (Fsp3) is 0.667. The highest BCUT2D eigenvalue weighted by molar-refractivity contribution is 7.89. The normalized spacial score (nSPS) is 22.9. The third kappa shape index (κ3) is 4.58. The van der Waals surface area contributed by atoms with E-state index in [1.807, 2.05) is 30.9 Å². The first kappa shape index (κ1) is 21.3. The Balaban J connectivity index is 1.59. The quantitative estimate of drug-likeness (QED) is 0.696. The Morgan fingerprint density at radius 1 is 1.14 bits per heavy atom. The van der Waals surface area contributed by atoms with Gasteiger partial charge in [0.05, 0.1) is 23.6 Å². The molecule has 3 rings (SSSR count). The molecule has 2 fully saturated rings. The van der Waals surface area contributed by atoms with Crippen LogP contribution in [0.15, 0.2) is 29.2 Å². The van der Waals surface area contributed by atoms with Crippen molar-refractivity contribution in [3.63, 3.8) is 0 Å². The first-order valence-corrected chi connectivity index (χ1v) is 11.9. The van der Waals surface area contributed by atoms with E-state index in [0.717, 1.165) is 24.8 Å². The van der Waals surface area contributed by atoms with Gasteiger partial charge in [-0.15, -0.1) is 0 Å². The van der Waals surface area contributed by atoms with Crippen LogP contribution >= 0.6 is 0 Å². The summed E-state index contributed by atoms with van der Waals surface area (Å²) < 4.78 is 32.4. The van der Waals surface area contributed by atoms with Crippen LogP contribution in [0, 0.1) is 0 Å². The summed E-state index contributed by atoms with van der Waals surface area (Å²) in [6, 6.07) is 7.19. The predicted octanol–water partition coefficient (Wildman–Crippen LogP) is 2.82. The molecule has 0 aromatic heterocycles. The van der Waals surface area contributed by atoms with E-state index in [1.165, 1.54) is 10.7 Å². The van der Waals surface area contributed by atoms with E-state index < -0.39 is 10.0 Å². The van der Waals surface area contributed by atoms with Gasteiger partial charge in [0.15, 0.2) is 0 Å². The second kappa shape index (κ2) is 9.37. The SMILES string of the molecule is CCN(CC)S(=O)(=O)c1ccc(CCC(=O)N2CCOC3CCCCC32)cc1. The van der Waals surface area contributed by atoms with Gasteiger partial charge in [-0.1, -0.05) is 38.8 Å². The van der Waals surface area contributed by atoms with Crippen molar-refractivity contribution in [3.05, 3.63) is 29.8 Å². The molecule has 28 heavy (non-hydrogen) atoms. The number of rotatable bonds is 7. The van der Waals surface area contributed by atoms with Crippen LogP contribution in [0.25, 0.3) is 0 Å². The third-order valence-electron chi connectivity index (χ3n) is 5.95. The van der Waals surface area contributed by atoms with Gasteiger partial charge in [-0.25, -0.2) is 8.42 Å². The lowest BCUT2D eigenvalue weighted by Gasteiger charge is -2.43. The van der Waals surface area contributed by atoms with Crippen LogP contribution in [0.2, 0.25) is 0 Å². The molecular formula is C21H32N2O4S. The molecule has 1 heterocycles. The van der Waals surface area contributed by atoms with E-state index in [4.69, 9.17) is 4.74 Å². The third-order valence-corrected chi connectivity index (χ3v) is 8.01. The van der Waals surface area contributed by atoms with Gasteiger partial charge < -0.3 is 9.64 Å². The molecule has 156 valence electrons. The maximum Gasteiger partial charge on any atom is 0.243 e. The largest absolute Gasteiger partial charge is 0.374 e. The van der Waals surface area contributed by atoms with E-state index in [2.05, 4.69) is 0 Å². The molecule has 1 aromatic rings. The number of aryl methyl sites for hydroxylation is 1. The zero-order valence-electron chi connectivity index (χ0n) is 17.0. The summed E-state index contributed by atoms with van der Waals surface area (Å²) in [6.07, 6.45) is 5.72. The van der Waals surface area contributed by atoms with Crippen LogP contribution in [0.4, 0.5) is 0 Å². The summed E-state index contributed by atoms with van der Waals surface area (Å²) in [5.41, 5.74) is 0.986. The monoisotopic (exact) mass is 408 g/mol. The zero-order chi connectivity index (χ0) is 20.1. The van der Waals surface area contributed by atoms with Gasteiger partial charge in [-0.05, 0) is 37.0 Å². The molecule has 2 atom stereocenters. The molecule has 2 aliphatic rings. The summed E-state index contributed by atoms with van der Waals surface area (Å²) in [6.45, 7) is 5.90. The fourth-order valence-corrected chi connectivity index (χ4v) is 5.80. The molecule has 1 aromatic carbocycles. The summed E-state index contributed by atoms with van der Waals surface area (Å²) in [4.78, 5) is 15.1. The number of sulfonamides is 1. The number of fused-ring (bicyclic) bond motifs is 1. The number of carbonyl (C=O) groups is 1. The number of nitrogens with zero attached hydrogens (tertiary/aromatic N) is 2. The van der Waals surface area contributed by atoms with Crippen LogP contribution in [0.5, 0.6) is 0 Å². The van der Waals surface area contributed by atoms with E-state index >= 15 is 0 Å². The van der Waals surface area contributed by atoms with Gasteiger partial charge in [0.1, 0.15) is 0 Å². The highest BCUT2D eigenvalue weighted by Crippen LogP contribution is 2.29. The Labute approximate surface area is 168 Å². The standard InChI is InChI=1S/C21H32N2O4S/c1-3-22(4-2)28(25,26)18-12-9-17(10-13-18)11-14-21(24)23-15-16-27-20-8-6-5-7-19(20)23/h9-10,12-13,19-20H,3-8,11,14-16H2,1-2H3. The number of morpholine rings is 1. The van der Waals surface area contributed by atoms with Gasteiger partial charge >= 0.3 is 0 Å². The highest BCUT2D eigenvalue weighted by Gasteiger charge is 2.36. The van der Waals surface area contributed by atoms with Crippen LogP contribution in [-0.4, -0.2) is 61.9 Å². The minimum Gasteiger partial charge on any atom is -0.374 e. The summed E-state index contributed by atoms with van der Waals surface area (Å²) in [5, 5.41) is 0. The molecule has 0 spiro atoms. The fourth-order valence-electron chi connectivity index (χ4n) is 4.34. The van der Waals surface area contributed by atoms with Gasteiger partial charge in [0, 0.05) is 26.1 Å². The highest BCUT2D eigenvalue weighted by atomic mass is 32.2. The molecule has 1 aliphatic heterocycles. The Bertz CT molecular complexity index is 757. The minimum absolute atomic E-state index is 0.181. The number of hydrogen-bond donors (Lipinski definition) is 0. The van der Waals surface area contributed by atoms with Gasteiger partial charge in [0.25, 0.3) is 0 Å². The van der Waals surface area contributed by atoms with Crippen LogP contribution < -0.4 is 0 Å². The number of amides is 1. The molecule has 6 nitrogen and oxygen atoms in total. The number of carbonyl (C=O) groups excluding carboxylic acids is 1. The first-order chi connectivity index (χ1) is 13.5. The second-order valence-electron chi connectivity index (χ2n) is 7.58. The maximum absolute atomic E-state index is 12.8. The number of benzene rings is 1. The topological polar surface area (TPSA) is 66.9 Å². The molecule has 1 amide bonds. The van der Waals surface area contributed by atoms with Crippen molar-refractivity contribution in [1.29, 1.82) is 0 Å². The van der Waals surface area contributed by atoms with Crippen molar-refractivity contribution in [2.24, 2.45) is 0 Å². The molecular weight excluding hydrogens is 376 g/mol. The van der Waals surface area contributed by atoms with Crippen molar-refractivity contribution in [3.8, 4) is 0 Å². The van der Waals surface area contributed by atoms with Gasteiger partial charge in [-0.2, -0.15) is 4.31 Å². The minimum atomic E-state index is -3.44. The molecule has 1 saturated heterocycles. The lowest BCUT2D eigenvalue weighted by molar-refractivity contribution is -0.149. The van der Waals surface area contributed by atoms with E-state index in [0.29, 0.717) is 44.0 Å². The Morgan fingerprint density at radius 2 is 1.82 bits per heavy atom. The Morgan fingerprint density at radius 3 is 2.50 bits per heavy atom. The summed E-state index contributed by atoms with van der Waals surface area (Å²) in [7, 11) is -3.44. The van der Waals surface area contributed by atoms with Crippen molar-refractivity contribution in [1.82, 2.24) is 9.21 Å². The maximum atomic E-state index is 12.8. The molecule has 7 heteroatoms. The smallest absolute Gasteiger partial charge is 0.243 e. The first-order valence-electron chi connectivity index (χ1n) is 10.5. The van der Waals surface area contributed by atoms with Gasteiger partial charge in [-0.3, -0.25) is 4.79 Å². The molecule has 1 aliphatic carbocycles. The van der Waals surface area contributed by atoms with Gasteiger partial charge in [0.2, 0.25) is 15.9 Å². The van der Waals surface area contributed by atoms with Crippen molar-refractivity contribution < 1.29 is 17.9 Å². The summed E-state index contributed by atoms with van der Waals surface area (Å²) >= 11 is 0. The lowest BCUT2D eigenvalue weighted by atomic mass is 9.90. The average molecular weight is 409 g/mol. The molecule has 1 saturated carbocycles. The van der Waals surface area contributed by atoms with Crippen LogP contribution in [0.1, 0.15) is 51.5 Å². The van der Waals surface area contributed by atoms with Crippen molar-refractivity contribution in [2.45, 2.75) is 69.4 Å². The molecule has 0 N–H and O–H groups in total. The Hall–Kier alpha value is -1.44. The van der Waals surface area contributed by atoms with E-state index in [-0.39, 0.29) is 18.1 Å². The molecule has 2 unspecified atom stereocenters.